The highest BCUT2D eigenvalue weighted by atomic mass is 35.5. The standard InChI is InChI=1S/C16H10ClN3/c1-11-7-9-13(10-8-11)15-18-14(19-16(17)20-15)12-5-3-2-4-6-12/h3,5-10H,1H3. The molecule has 0 aliphatic carbocycles. The van der Waals surface area contributed by atoms with E-state index in [1.54, 1.807) is 12.1 Å². The molecule has 0 saturated heterocycles. The van der Waals surface area contributed by atoms with Gasteiger partial charge < -0.3 is 0 Å². The fraction of sp³-hybridized carbons (Fsp3) is 0.0625. The van der Waals surface area contributed by atoms with Crippen molar-refractivity contribution in [3.63, 3.8) is 0 Å². The first kappa shape index (κ1) is 12.6. The Bertz CT molecular complexity index is 724. The maximum absolute atomic E-state index is 6.00. The molecule has 20 heavy (non-hydrogen) atoms. The van der Waals surface area contributed by atoms with Gasteiger partial charge in [0.2, 0.25) is 5.28 Å². The van der Waals surface area contributed by atoms with Gasteiger partial charge in [-0.15, -0.1) is 0 Å². The van der Waals surface area contributed by atoms with Crippen LogP contribution in [0.2, 0.25) is 5.28 Å². The highest BCUT2D eigenvalue weighted by Crippen LogP contribution is 2.21. The molecule has 3 aromatic rings. The average Bonchev–Trinajstić information content (AvgIpc) is 2.48. The van der Waals surface area contributed by atoms with Crippen LogP contribution in [0.5, 0.6) is 0 Å². The first-order valence-corrected chi connectivity index (χ1v) is 6.47. The van der Waals surface area contributed by atoms with Gasteiger partial charge in [0.15, 0.2) is 11.6 Å². The molecule has 3 rings (SSSR count). The highest BCUT2D eigenvalue weighted by molar-refractivity contribution is 6.28. The summed E-state index contributed by atoms with van der Waals surface area (Å²) < 4.78 is 0. The van der Waals surface area contributed by atoms with Crippen LogP contribution in [0.1, 0.15) is 5.56 Å². The van der Waals surface area contributed by atoms with Crippen molar-refractivity contribution in [3.8, 4) is 22.8 Å². The molecule has 0 aliphatic heterocycles. The molecule has 3 nitrogen and oxygen atoms in total. The fourth-order valence-electron chi connectivity index (χ4n) is 1.80. The number of rotatable bonds is 2. The predicted molar refractivity (Wildman–Crippen MR) is 78.1 cm³/mol. The highest BCUT2D eigenvalue weighted by Gasteiger charge is 2.08. The maximum atomic E-state index is 6.00. The normalized spacial score (nSPS) is 10.1. The van der Waals surface area contributed by atoms with Crippen LogP contribution in [0.25, 0.3) is 22.8 Å². The zero-order valence-corrected chi connectivity index (χ0v) is 11.5. The molecule has 96 valence electrons. The second kappa shape index (κ2) is 5.28. The van der Waals surface area contributed by atoms with E-state index in [1.165, 1.54) is 5.56 Å². The van der Waals surface area contributed by atoms with E-state index in [1.807, 2.05) is 37.3 Å². The minimum absolute atomic E-state index is 0.179. The Morgan fingerprint density at radius 2 is 1.55 bits per heavy atom. The molecule has 0 aliphatic rings. The van der Waals surface area contributed by atoms with E-state index in [0.717, 1.165) is 11.1 Å². The van der Waals surface area contributed by atoms with Crippen LogP contribution in [0, 0.1) is 19.1 Å². The molecule has 2 aromatic carbocycles. The van der Waals surface area contributed by atoms with Gasteiger partial charge in [-0.2, -0.15) is 9.97 Å². The van der Waals surface area contributed by atoms with Crippen molar-refractivity contribution < 1.29 is 0 Å². The van der Waals surface area contributed by atoms with Gasteiger partial charge in [0, 0.05) is 11.1 Å². The third kappa shape index (κ3) is 2.61. The van der Waals surface area contributed by atoms with Gasteiger partial charge >= 0.3 is 0 Å². The Morgan fingerprint density at radius 3 is 2.20 bits per heavy atom. The van der Waals surface area contributed by atoms with Gasteiger partial charge in [0.25, 0.3) is 0 Å². The van der Waals surface area contributed by atoms with Crippen LogP contribution >= 0.6 is 11.6 Å². The van der Waals surface area contributed by atoms with Gasteiger partial charge in [-0.05, 0) is 36.7 Å². The van der Waals surface area contributed by atoms with Crippen LogP contribution in [-0.4, -0.2) is 15.0 Å². The van der Waals surface area contributed by atoms with Crippen molar-refractivity contribution in [1.82, 2.24) is 15.0 Å². The van der Waals surface area contributed by atoms with E-state index < -0.39 is 0 Å². The van der Waals surface area contributed by atoms with E-state index in [2.05, 4.69) is 27.1 Å². The molecule has 0 bridgehead atoms. The molecule has 0 radical (unpaired) electrons. The number of halogens is 1. The largest absolute Gasteiger partial charge is 0.226 e. The molecule has 0 fully saturated rings. The average molecular weight is 280 g/mol. The summed E-state index contributed by atoms with van der Waals surface area (Å²) in [6.07, 6.45) is 0. The third-order valence-corrected chi connectivity index (χ3v) is 3.00. The van der Waals surface area contributed by atoms with Crippen molar-refractivity contribution in [3.05, 3.63) is 65.4 Å². The van der Waals surface area contributed by atoms with Crippen LogP contribution in [-0.2, 0) is 0 Å². The van der Waals surface area contributed by atoms with Crippen molar-refractivity contribution in [2.24, 2.45) is 0 Å². The van der Waals surface area contributed by atoms with Gasteiger partial charge in [-0.25, -0.2) is 4.98 Å². The van der Waals surface area contributed by atoms with Crippen molar-refractivity contribution in [2.75, 3.05) is 0 Å². The maximum Gasteiger partial charge on any atom is 0.226 e. The molecule has 0 atom stereocenters. The van der Waals surface area contributed by atoms with E-state index in [0.29, 0.717) is 11.6 Å². The number of hydrogen-bond acceptors (Lipinski definition) is 3. The molecule has 1 aromatic heterocycles. The van der Waals surface area contributed by atoms with Gasteiger partial charge in [-0.1, -0.05) is 42.0 Å². The lowest BCUT2D eigenvalue weighted by molar-refractivity contribution is 1.07. The third-order valence-electron chi connectivity index (χ3n) is 2.83. The molecule has 0 N–H and O–H groups in total. The zero-order chi connectivity index (χ0) is 13.9. The number of hydrogen-bond donors (Lipinski definition) is 0. The summed E-state index contributed by atoms with van der Waals surface area (Å²) in [5.74, 6) is 1.10. The Hall–Kier alpha value is -2.44. The van der Waals surface area contributed by atoms with Crippen molar-refractivity contribution in [2.45, 2.75) is 6.92 Å². The summed E-state index contributed by atoms with van der Waals surface area (Å²) in [5, 5.41) is 0.179. The monoisotopic (exact) mass is 279 g/mol. The molecule has 4 heteroatoms. The molecular formula is C16H10ClN3. The topological polar surface area (TPSA) is 38.7 Å². The van der Waals surface area contributed by atoms with Crippen molar-refractivity contribution in [1.29, 1.82) is 0 Å². The van der Waals surface area contributed by atoms with Crippen molar-refractivity contribution >= 4 is 11.6 Å². The summed E-state index contributed by atoms with van der Waals surface area (Å²) in [7, 11) is 0. The minimum Gasteiger partial charge on any atom is -0.208 e. The summed E-state index contributed by atoms with van der Waals surface area (Å²) in [6, 6.07) is 19.1. The first-order chi connectivity index (χ1) is 9.72. The number of aryl methyl sites for hydroxylation is 1. The van der Waals surface area contributed by atoms with Crippen LogP contribution in [0.3, 0.4) is 0 Å². The molecule has 0 saturated carbocycles. The minimum atomic E-state index is 0.179. The molecular weight excluding hydrogens is 270 g/mol. The second-order valence-corrected chi connectivity index (χ2v) is 4.68. The van der Waals surface area contributed by atoms with E-state index in [-0.39, 0.29) is 5.28 Å². The molecule has 0 unspecified atom stereocenters. The quantitative estimate of drug-likeness (QED) is 0.717. The second-order valence-electron chi connectivity index (χ2n) is 4.34. The van der Waals surface area contributed by atoms with Crippen LogP contribution in [0.15, 0.2) is 42.5 Å². The van der Waals surface area contributed by atoms with Gasteiger partial charge in [0.1, 0.15) is 0 Å². The van der Waals surface area contributed by atoms with Gasteiger partial charge in [0.05, 0.1) is 0 Å². The van der Waals surface area contributed by atoms with Gasteiger partial charge in [-0.3, -0.25) is 0 Å². The smallest absolute Gasteiger partial charge is 0.208 e. The lowest BCUT2D eigenvalue weighted by atomic mass is 10.1. The Labute approximate surface area is 122 Å². The summed E-state index contributed by atoms with van der Waals surface area (Å²) in [6.45, 7) is 2.03. The Morgan fingerprint density at radius 1 is 0.850 bits per heavy atom. The lowest BCUT2D eigenvalue weighted by Gasteiger charge is -2.04. The molecule has 0 spiro atoms. The van der Waals surface area contributed by atoms with E-state index in [4.69, 9.17) is 11.6 Å². The number of aromatic nitrogens is 3. The summed E-state index contributed by atoms with van der Waals surface area (Å²) in [4.78, 5) is 12.8. The predicted octanol–water partition coefficient (Wildman–Crippen LogP) is 3.77. The first-order valence-electron chi connectivity index (χ1n) is 6.09. The number of nitrogens with zero attached hydrogens (tertiary/aromatic N) is 3. The SMILES string of the molecule is Cc1ccc(-c2nc(Cl)nc(-c3cc#ccc3)n2)cc1. The lowest BCUT2D eigenvalue weighted by Crippen LogP contribution is -1.96. The Kier molecular flexibility index (Phi) is 3.32. The summed E-state index contributed by atoms with van der Waals surface area (Å²) >= 11 is 6.00. The van der Waals surface area contributed by atoms with Crippen LogP contribution < -0.4 is 0 Å². The zero-order valence-electron chi connectivity index (χ0n) is 10.8. The molecule has 1 heterocycles. The van der Waals surface area contributed by atoms with E-state index >= 15 is 0 Å². The van der Waals surface area contributed by atoms with Crippen LogP contribution in [0.4, 0.5) is 0 Å². The number of benzene rings is 1. The summed E-state index contributed by atoms with van der Waals surface area (Å²) in [5.41, 5.74) is 2.93. The Balaban J connectivity index is 2.09. The van der Waals surface area contributed by atoms with E-state index in [9.17, 15) is 0 Å². The molecule has 0 amide bonds. The fourth-order valence-corrected chi connectivity index (χ4v) is 1.96.